The fourth-order valence-electron chi connectivity index (χ4n) is 1.79. The minimum Gasteiger partial charge on any atom is -0.481 e. The highest BCUT2D eigenvalue weighted by atomic mass is 19.1. The molecule has 5 heteroatoms. The van der Waals surface area contributed by atoms with E-state index >= 15 is 0 Å². The SMILES string of the molecule is C#CCNC(=O)C(C)Oc1cc(F)cc(CC(N)CC)c1. The lowest BCUT2D eigenvalue weighted by molar-refractivity contribution is -0.127. The summed E-state index contributed by atoms with van der Waals surface area (Å²) in [5.74, 6) is 1.85. The molecule has 1 aromatic carbocycles. The maximum Gasteiger partial charge on any atom is 0.261 e. The topological polar surface area (TPSA) is 64.3 Å². The quantitative estimate of drug-likeness (QED) is 0.751. The van der Waals surface area contributed by atoms with Crippen LogP contribution in [0.5, 0.6) is 5.75 Å². The molecule has 4 nitrogen and oxygen atoms in total. The Bertz CT molecular complexity index is 525. The maximum absolute atomic E-state index is 13.6. The lowest BCUT2D eigenvalue weighted by Crippen LogP contribution is -2.36. The normalized spacial score (nSPS) is 13.1. The minimum atomic E-state index is -0.757. The van der Waals surface area contributed by atoms with E-state index in [1.165, 1.54) is 12.1 Å². The van der Waals surface area contributed by atoms with E-state index in [9.17, 15) is 9.18 Å². The van der Waals surface area contributed by atoms with Gasteiger partial charge in [0.25, 0.3) is 5.91 Å². The smallest absolute Gasteiger partial charge is 0.261 e. The van der Waals surface area contributed by atoms with E-state index in [1.807, 2.05) is 6.92 Å². The van der Waals surface area contributed by atoms with E-state index in [4.69, 9.17) is 16.9 Å². The third kappa shape index (κ3) is 5.84. The zero-order chi connectivity index (χ0) is 15.8. The minimum absolute atomic E-state index is 0.0315. The van der Waals surface area contributed by atoms with Crippen LogP contribution in [0.4, 0.5) is 4.39 Å². The van der Waals surface area contributed by atoms with Gasteiger partial charge >= 0.3 is 0 Å². The number of nitrogens with one attached hydrogen (secondary N) is 1. The van der Waals surface area contributed by atoms with Crippen molar-refractivity contribution in [3.63, 3.8) is 0 Å². The second kappa shape index (κ2) is 8.28. The predicted octanol–water partition coefficient (Wildman–Crippen LogP) is 1.62. The van der Waals surface area contributed by atoms with Crippen LogP contribution in [0.25, 0.3) is 0 Å². The molecule has 2 atom stereocenters. The Morgan fingerprint density at radius 3 is 2.86 bits per heavy atom. The van der Waals surface area contributed by atoms with Crippen LogP contribution in [0.15, 0.2) is 18.2 Å². The van der Waals surface area contributed by atoms with Crippen LogP contribution in [0.1, 0.15) is 25.8 Å². The highest BCUT2D eigenvalue weighted by molar-refractivity contribution is 5.80. The number of hydrogen-bond donors (Lipinski definition) is 2. The Balaban J connectivity index is 2.74. The first-order valence-corrected chi connectivity index (χ1v) is 6.89. The number of hydrogen-bond acceptors (Lipinski definition) is 3. The maximum atomic E-state index is 13.6. The number of rotatable bonds is 7. The van der Waals surface area contributed by atoms with Crippen molar-refractivity contribution in [1.82, 2.24) is 5.32 Å². The number of carbonyl (C=O) groups is 1. The second-order valence-electron chi connectivity index (χ2n) is 4.85. The van der Waals surface area contributed by atoms with Crippen molar-refractivity contribution in [3.05, 3.63) is 29.6 Å². The van der Waals surface area contributed by atoms with Gasteiger partial charge in [-0.15, -0.1) is 6.42 Å². The van der Waals surface area contributed by atoms with Crippen molar-refractivity contribution in [2.24, 2.45) is 5.73 Å². The number of halogens is 1. The number of terminal acetylenes is 1. The van der Waals surface area contributed by atoms with E-state index in [-0.39, 0.29) is 18.5 Å². The van der Waals surface area contributed by atoms with Crippen LogP contribution in [0.3, 0.4) is 0 Å². The van der Waals surface area contributed by atoms with Gasteiger partial charge in [-0.25, -0.2) is 4.39 Å². The van der Waals surface area contributed by atoms with Crippen LogP contribution in [-0.2, 0) is 11.2 Å². The lowest BCUT2D eigenvalue weighted by atomic mass is 10.0. The molecule has 3 N–H and O–H groups in total. The van der Waals surface area contributed by atoms with E-state index in [0.29, 0.717) is 12.2 Å². The molecule has 0 spiro atoms. The number of benzene rings is 1. The first kappa shape index (κ1) is 17.0. The molecule has 114 valence electrons. The molecule has 0 saturated carbocycles. The molecule has 0 fully saturated rings. The molecule has 1 amide bonds. The fourth-order valence-corrected chi connectivity index (χ4v) is 1.79. The Labute approximate surface area is 124 Å². The van der Waals surface area contributed by atoms with Crippen LogP contribution in [0, 0.1) is 18.2 Å². The highest BCUT2D eigenvalue weighted by Gasteiger charge is 2.15. The number of amides is 1. The second-order valence-corrected chi connectivity index (χ2v) is 4.85. The van der Waals surface area contributed by atoms with E-state index in [2.05, 4.69) is 11.2 Å². The molecule has 0 aliphatic rings. The summed E-state index contributed by atoms with van der Waals surface area (Å²) >= 11 is 0. The molecular formula is C16H21FN2O2. The number of ether oxygens (including phenoxy) is 1. The molecule has 0 saturated heterocycles. The van der Waals surface area contributed by atoms with Gasteiger partial charge < -0.3 is 15.8 Å². The summed E-state index contributed by atoms with van der Waals surface area (Å²) in [5, 5.41) is 2.51. The first-order chi connectivity index (χ1) is 9.96. The van der Waals surface area contributed by atoms with Crippen LogP contribution < -0.4 is 15.8 Å². The van der Waals surface area contributed by atoms with Crippen molar-refractivity contribution in [3.8, 4) is 18.1 Å². The first-order valence-electron chi connectivity index (χ1n) is 6.89. The average molecular weight is 292 g/mol. The summed E-state index contributed by atoms with van der Waals surface area (Å²) in [7, 11) is 0. The number of carbonyl (C=O) groups excluding carboxylic acids is 1. The molecule has 0 aromatic heterocycles. The fraction of sp³-hybridized carbons (Fsp3) is 0.438. The summed E-state index contributed by atoms with van der Waals surface area (Å²) in [5.41, 5.74) is 6.61. The van der Waals surface area contributed by atoms with Crippen molar-refractivity contribution in [2.45, 2.75) is 38.8 Å². The molecule has 0 aliphatic heterocycles. The lowest BCUT2D eigenvalue weighted by Gasteiger charge is -2.15. The Morgan fingerprint density at radius 1 is 1.52 bits per heavy atom. The molecule has 1 aromatic rings. The third-order valence-electron chi connectivity index (χ3n) is 3.00. The Hall–Kier alpha value is -2.06. The standard InChI is InChI=1S/C16H21FN2O2/c1-4-6-19-16(20)11(3)21-15-9-12(7-13(17)10-15)8-14(18)5-2/h1,7,9-11,14H,5-6,8,18H2,2-3H3,(H,19,20). The highest BCUT2D eigenvalue weighted by Crippen LogP contribution is 2.19. The molecule has 0 heterocycles. The molecule has 1 rings (SSSR count). The summed E-state index contributed by atoms with van der Waals surface area (Å²) < 4.78 is 19.0. The van der Waals surface area contributed by atoms with Gasteiger partial charge in [-0.3, -0.25) is 4.79 Å². The Morgan fingerprint density at radius 2 is 2.24 bits per heavy atom. The molecular weight excluding hydrogens is 271 g/mol. The summed E-state index contributed by atoms with van der Waals surface area (Å²) in [6, 6.07) is 4.33. The van der Waals surface area contributed by atoms with Gasteiger partial charge in [-0.05, 0) is 37.5 Å². The summed E-state index contributed by atoms with van der Waals surface area (Å²) in [6.45, 7) is 3.68. The molecule has 0 radical (unpaired) electrons. The summed E-state index contributed by atoms with van der Waals surface area (Å²) in [6.07, 6.45) is 5.67. The van der Waals surface area contributed by atoms with Gasteiger partial charge in [-0.1, -0.05) is 12.8 Å². The van der Waals surface area contributed by atoms with Gasteiger partial charge in [0, 0.05) is 12.1 Å². The monoisotopic (exact) mass is 292 g/mol. The van der Waals surface area contributed by atoms with Crippen molar-refractivity contribution < 1.29 is 13.9 Å². The van der Waals surface area contributed by atoms with Crippen molar-refractivity contribution >= 4 is 5.91 Å². The van der Waals surface area contributed by atoms with Gasteiger partial charge in [-0.2, -0.15) is 0 Å². The summed E-state index contributed by atoms with van der Waals surface area (Å²) in [4.78, 5) is 11.7. The number of nitrogens with two attached hydrogens (primary N) is 1. The molecule has 21 heavy (non-hydrogen) atoms. The zero-order valence-corrected chi connectivity index (χ0v) is 12.4. The largest absolute Gasteiger partial charge is 0.481 e. The van der Waals surface area contributed by atoms with Crippen LogP contribution in [0.2, 0.25) is 0 Å². The Kier molecular flexibility index (Phi) is 6.70. The van der Waals surface area contributed by atoms with Crippen LogP contribution in [-0.4, -0.2) is 24.6 Å². The zero-order valence-electron chi connectivity index (χ0n) is 12.4. The van der Waals surface area contributed by atoms with E-state index in [1.54, 1.807) is 13.0 Å². The molecule has 0 bridgehead atoms. The van der Waals surface area contributed by atoms with E-state index < -0.39 is 11.9 Å². The molecule has 2 unspecified atom stereocenters. The average Bonchev–Trinajstić information content (AvgIpc) is 2.43. The predicted molar refractivity (Wildman–Crippen MR) is 80.3 cm³/mol. The van der Waals surface area contributed by atoms with Crippen molar-refractivity contribution in [1.29, 1.82) is 0 Å². The molecule has 0 aliphatic carbocycles. The van der Waals surface area contributed by atoms with Gasteiger partial charge in [0.1, 0.15) is 11.6 Å². The van der Waals surface area contributed by atoms with E-state index in [0.717, 1.165) is 12.0 Å². The third-order valence-corrected chi connectivity index (χ3v) is 3.00. The van der Waals surface area contributed by atoms with Gasteiger partial charge in [0.05, 0.1) is 6.54 Å². The van der Waals surface area contributed by atoms with Gasteiger partial charge in [0.15, 0.2) is 6.10 Å². The van der Waals surface area contributed by atoms with Gasteiger partial charge in [0.2, 0.25) is 0 Å². The van der Waals surface area contributed by atoms with Crippen LogP contribution >= 0.6 is 0 Å². The van der Waals surface area contributed by atoms with Crippen molar-refractivity contribution in [2.75, 3.05) is 6.54 Å².